The van der Waals surface area contributed by atoms with E-state index in [-0.39, 0.29) is 60.1 Å². The Hall–Kier alpha value is -11.6. The summed E-state index contributed by atoms with van der Waals surface area (Å²) in [5.41, 5.74) is -2.58. The number of aromatic nitrogens is 2. The summed E-state index contributed by atoms with van der Waals surface area (Å²) in [5, 5.41) is 9.19. The van der Waals surface area contributed by atoms with Crippen LogP contribution in [0, 0.1) is 36.0 Å². The number of esters is 2. The number of nitrogens with one attached hydrogen (secondary N) is 4. The topological polar surface area (TPSA) is 302 Å². The fraction of sp³-hybridized carbons (Fsp3) is 0.271. The molecule has 1 saturated heterocycles. The maximum atomic E-state index is 13.0. The van der Waals surface area contributed by atoms with Gasteiger partial charge in [0.15, 0.2) is 0 Å². The van der Waals surface area contributed by atoms with Crippen molar-refractivity contribution in [3.63, 3.8) is 0 Å². The van der Waals surface area contributed by atoms with Crippen LogP contribution >= 0.6 is 0 Å². The van der Waals surface area contributed by atoms with Crippen LogP contribution in [0.25, 0.3) is 0 Å². The molecule has 6 heterocycles. The number of urea groups is 1. The lowest BCUT2D eigenvalue weighted by molar-refractivity contribution is -0.147. The van der Waals surface area contributed by atoms with Gasteiger partial charge in [0.05, 0.1) is 48.1 Å². The zero-order chi connectivity index (χ0) is 65.5. The van der Waals surface area contributed by atoms with Crippen molar-refractivity contribution >= 4 is 53.8 Å². The number of imide groups is 1. The molecule has 5 aromatic rings. The van der Waals surface area contributed by atoms with Crippen LogP contribution in [0.1, 0.15) is 58.9 Å². The summed E-state index contributed by atoms with van der Waals surface area (Å²) in [4.78, 5) is 123. The number of hydrogen-bond donors (Lipinski definition) is 4. The molecule has 1 fully saturated rings. The second kappa shape index (κ2) is 28.8. The summed E-state index contributed by atoms with van der Waals surface area (Å²) >= 11 is 0. The summed E-state index contributed by atoms with van der Waals surface area (Å²) in [6, 6.07) is 17.9. The summed E-state index contributed by atoms with van der Waals surface area (Å²) in [5.74, 6) is 8.40. The second-order valence-electron chi connectivity index (χ2n) is 19.0. The van der Waals surface area contributed by atoms with E-state index in [0.717, 1.165) is 28.4 Å². The minimum absolute atomic E-state index is 0.0410. The highest BCUT2D eigenvalue weighted by molar-refractivity contribution is 6.10. The number of hydrogen-bond acceptors (Lipinski definition) is 18. The van der Waals surface area contributed by atoms with Gasteiger partial charge in [0, 0.05) is 72.2 Å². The minimum Gasteiger partial charge on any atom is -0.466 e. The molecule has 0 spiro atoms. The monoisotopic (exact) mass is 1250 g/mol. The van der Waals surface area contributed by atoms with Gasteiger partial charge in [0.1, 0.15) is 17.2 Å². The van der Waals surface area contributed by atoms with E-state index >= 15 is 0 Å². The van der Waals surface area contributed by atoms with Gasteiger partial charge >= 0.3 is 50.0 Å². The van der Waals surface area contributed by atoms with Crippen LogP contribution in [-0.2, 0) is 53.0 Å². The molecule has 3 aromatic carbocycles. The quantitative estimate of drug-likeness (QED) is 0.0350. The van der Waals surface area contributed by atoms with Gasteiger partial charge in [0.2, 0.25) is 16.6 Å². The lowest BCUT2D eigenvalue weighted by Gasteiger charge is -2.30. The summed E-state index contributed by atoms with van der Waals surface area (Å²) in [7, 11) is 4.36. The van der Waals surface area contributed by atoms with Crippen molar-refractivity contribution < 1.29 is 103 Å². The molecule has 4 aliphatic rings. The Balaban J connectivity index is 0.000000193. The lowest BCUT2D eigenvalue weighted by Crippen LogP contribution is -2.60. The van der Waals surface area contributed by atoms with Crippen molar-refractivity contribution in [3.8, 4) is 53.3 Å². The van der Waals surface area contributed by atoms with Gasteiger partial charge in [-0.25, -0.2) is 24.0 Å². The van der Waals surface area contributed by atoms with E-state index in [0.29, 0.717) is 27.8 Å². The van der Waals surface area contributed by atoms with Gasteiger partial charge in [-0.15, -0.1) is 6.42 Å². The van der Waals surface area contributed by atoms with E-state index < -0.39 is 103 Å². The number of pyridine rings is 2. The van der Waals surface area contributed by atoms with Crippen LogP contribution in [0.15, 0.2) is 104 Å². The number of fused-ring (bicyclic) bond motifs is 3. The molecule has 0 unspecified atom stereocenters. The maximum absolute atomic E-state index is 13.0. The number of halogens is 6. The Morgan fingerprint density at radius 1 is 0.600 bits per heavy atom. The number of alkyl halides is 6. The molecule has 0 radical (unpaired) electrons. The van der Waals surface area contributed by atoms with E-state index in [1.165, 1.54) is 87.9 Å². The third-order valence-corrected chi connectivity index (χ3v) is 13.3. The van der Waals surface area contributed by atoms with Crippen molar-refractivity contribution in [2.24, 2.45) is 0 Å². The van der Waals surface area contributed by atoms with Crippen LogP contribution in [0.4, 0.5) is 40.7 Å². The Kier molecular flexibility index (Phi) is 21.1. The van der Waals surface area contributed by atoms with Gasteiger partial charge < -0.3 is 53.2 Å². The van der Waals surface area contributed by atoms with Gasteiger partial charge in [0.25, 0.3) is 23.6 Å². The number of amides is 8. The number of carbonyl (C=O) groups excluding carboxylic acids is 9. The molecule has 90 heavy (non-hydrogen) atoms. The average Bonchev–Trinajstić information content (AvgIpc) is 1.66. The number of terminal acetylenes is 1. The zero-order valence-electron chi connectivity index (χ0n) is 47.4. The van der Waals surface area contributed by atoms with E-state index in [1.54, 1.807) is 30.5 Å². The van der Waals surface area contributed by atoms with Crippen LogP contribution in [-0.4, -0.2) is 163 Å². The number of carbonyl (C=O) groups is 9. The first kappa shape index (κ1) is 66.0. The van der Waals surface area contributed by atoms with E-state index in [2.05, 4.69) is 89.3 Å². The van der Waals surface area contributed by atoms with Crippen LogP contribution in [0.2, 0.25) is 0 Å². The summed E-state index contributed by atoms with van der Waals surface area (Å²) in [6.07, 6.45) is 9.52. The molecule has 0 saturated carbocycles. The first-order valence-corrected chi connectivity index (χ1v) is 25.9. The molecule has 0 aliphatic carbocycles. The molecule has 2 aromatic heterocycles. The number of rotatable bonds is 16. The van der Waals surface area contributed by atoms with Crippen LogP contribution in [0.3, 0.4) is 0 Å². The van der Waals surface area contributed by atoms with Gasteiger partial charge in [-0.1, -0.05) is 47.8 Å². The molecule has 4 aliphatic heterocycles. The number of nitrogens with zero attached hydrogens (tertiary/aromatic N) is 5. The third-order valence-electron chi connectivity index (χ3n) is 13.3. The van der Waals surface area contributed by atoms with Crippen molar-refractivity contribution in [2.75, 3.05) is 48.1 Å². The lowest BCUT2D eigenvalue weighted by atomic mass is 9.99. The predicted molar refractivity (Wildman–Crippen MR) is 294 cm³/mol. The first-order chi connectivity index (χ1) is 42.9. The summed E-state index contributed by atoms with van der Waals surface area (Å²) < 4.78 is 106. The molecule has 0 bridgehead atoms. The van der Waals surface area contributed by atoms with Gasteiger partial charge in [-0.3, -0.25) is 45.1 Å². The normalized spacial score (nSPS) is 16.2. The molecular weight excluding hydrogens is 1200 g/mol. The van der Waals surface area contributed by atoms with E-state index in [1.807, 2.05) is 0 Å². The molecular formula is C59H49F6N9O16. The van der Waals surface area contributed by atoms with E-state index in [4.69, 9.17) is 11.2 Å². The van der Waals surface area contributed by atoms with Crippen LogP contribution in [0.5, 0.6) is 17.2 Å². The first-order valence-electron chi connectivity index (χ1n) is 25.9. The number of alkyl carbamates (subject to hydrolysis) is 2. The maximum Gasteiger partial charge on any atom is 0.408 e. The molecule has 468 valence electrons. The van der Waals surface area contributed by atoms with Crippen LogP contribution < -0.4 is 35.5 Å². The third kappa shape index (κ3) is 15.7. The Morgan fingerprint density at radius 3 is 1.40 bits per heavy atom. The standard InChI is InChI=1S/C22H19F2N3O6.C20H14F2N4O4.C17H16F2N2O6/c1-31-19(29)22(26-21(30)32-2,8-7-14-4-3-9-25-11-14)13-27-12-15-5-6-16(33-20(23)24)10-17(15)18(27)28;21-18(22)30-14-4-3-13-10-26(16(27)15(13)8-14)11-20(17(28)24-19(29)25-20)6-5-12-2-1-7-23-9-12;1-4-17(14(23)25-2,20-16(24)26-3)9-21-8-10-5-6-11(27-15(18)19)7-12(10)13(21)22/h3-6,9-11,20H,12-13H2,1-2H3,(H,26,30);1-4,7-9,18H,10-11H2,(H2,24,25,28,29);1,5-7,15H,8-9H2,2-3H3,(H,20,24)/t22-;20-;17-/m111/s1. The average molecular weight is 1250 g/mol. The SMILES string of the molecule is C#C[C@](CN1Cc2ccc(OC(F)F)cc2C1=O)(NC(=O)OC)C(=O)OC.COC(=O)N[C@](C#Cc1cccnc1)(CN1Cc2ccc(OC(F)F)cc2C1=O)C(=O)OC.O=C1NC(=O)[C@@](C#Cc2cccnc2)(CN2Cc3ccc(OC(F)F)cc3C2=O)N1. The van der Waals surface area contributed by atoms with Crippen molar-refractivity contribution in [1.82, 2.24) is 45.9 Å². The summed E-state index contributed by atoms with van der Waals surface area (Å²) in [6.45, 7) is -9.92. The largest absolute Gasteiger partial charge is 0.466 e. The highest BCUT2D eigenvalue weighted by Crippen LogP contribution is 2.32. The molecule has 9 rings (SSSR count). The minimum atomic E-state index is -3.05. The van der Waals surface area contributed by atoms with E-state index in [9.17, 15) is 69.5 Å². The smallest absolute Gasteiger partial charge is 0.408 e. The predicted octanol–water partition coefficient (Wildman–Crippen LogP) is 4.37. The fourth-order valence-corrected chi connectivity index (χ4v) is 9.12. The number of methoxy groups -OCH3 is 4. The molecule has 31 heteroatoms. The molecule has 8 amide bonds. The van der Waals surface area contributed by atoms with Gasteiger partial charge in [-0.2, -0.15) is 26.3 Å². The number of ether oxygens (including phenoxy) is 7. The Bertz CT molecular complexity index is 3790. The highest BCUT2D eigenvalue weighted by Gasteiger charge is 2.49. The zero-order valence-corrected chi connectivity index (χ0v) is 47.4. The van der Waals surface area contributed by atoms with Crippen molar-refractivity contribution in [2.45, 2.75) is 56.1 Å². The fourth-order valence-electron chi connectivity index (χ4n) is 9.12. The van der Waals surface area contributed by atoms with Gasteiger partial charge in [-0.05, 0) is 77.4 Å². The molecule has 4 N–H and O–H groups in total. The van der Waals surface area contributed by atoms with Crippen molar-refractivity contribution in [3.05, 3.63) is 148 Å². The Morgan fingerprint density at radius 2 is 1.01 bits per heavy atom. The molecule has 3 atom stereocenters. The highest BCUT2D eigenvalue weighted by atomic mass is 19.3. The van der Waals surface area contributed by atoms with Crippen molar-refractivity contribution in [1.29, 1.82) is 0 Å². The molecule has 25 nitrogen and oxygen atoms in total. The number of benzene rings is 3. The second-order valence-corrected chi connectivity index (χ2v) is 19.0. The Labute approximate surface area is 506 Å².